The Hall–Kier alpha value is -0.600. The van der Waals surface area contributed by atoms with Gasteiger partial charge in [0.15, 0.2) is 6.29 Å². The summed E-state index contributed by atoms with van der Waals surface area (Å²) >= 11 is 0. The maximum Gasteiger partial charge on any atom is 0.177 e. The van der Waals surface area contributed by atoms with Gasteiger partial charge in [0.05, 0.1) is 13.2 Å². The second kappa shape index (κ2) is 6.36. The van der Waals surface area contributed by atoms with Crippen LogP contribution in [0.5, 0.6) is 0 Å². The van der Waals surface area contributed by atoms with Gasteiger partial charge in [-0.25, -0.2) is 0 Å². The Morgan fingerprint density at radius 3 is 2.29 bits per heavy atom. The van der Waals surface area contributed by atoms with Gasteiger partial charge in [-0.3, -0.25) is 0 Å². The lowest BCUT2D eigenvalue weighted by molar-refractivity contribution is -0.197. The molecule has 0 atom stereocenters. The van der Waals surface area contributed by atoms with Gasteiger partial charge in [-0.1, -0.05) is 31.1 Å². The van der Waals surface area contributed by atoms with E-state index in [-0.39, 0.29) is 11.7 Å². The molecule has 1 fully saturated rings. The van der Waals surface area contributed by atoms with Gasteiger partial charge in [-0.2, -0.15) is 0 Å². The molecular formula is C15H26O2. The highest BCUT2D eigenvalue weighted by atomic mass is 16.7. The molecule has 0 unspecified atom stereocenters. The highest BCUT2D eigenvalue weighted by Gasteiger charge is 2.27. The summed E-state index contributed by atoms with van der Waals surface area (Å²) in [7, 11) is 0. The van der Waals surface area contributed by atoms with E-state index in [1.54, 1.807) is 0 Å². The summed E-state index contributed by atoms with van der Waals surface area (Å²) in [5.41, 5.74) is 2.87. The number of allylic oxidation sites excluding steroid dienone is 3. The molecule has 1 aliphatic heterocycles. The molecule has 1 heterocycles. The standard InChI is InChI=1S/C15H26O2/c1-12(2)7-6-8-13(3)9-14-16-10-15(4,5)11-17-14/h7,9,14H,6,8,10-11H2,1-5H3/b13-9+. The Morgan fingerprint density at radius 1 is 1.18 bits per heavy atom. The molecule has 1 rings (SSSR count). The molecule has 98 valence electrons. The van der Waals surface area contributed by atoms with E-state index in [4.69, 9.17) is 9.47 Å². The van der Waals surface area contributed by atoms with E-state index in [1.807, 2.05) is 0 Å². The molecule has 2 heteroatoms. The van der Waals surface area contributed by atoms with Crippen molar-refractivity contribution in [3.63, 3.8) is 0 Å². The summed E-state index contributed by atoms with van der Waals surface area (Å²) in [6, 6.07) is 0. The van der Waals surface area contributed by atoms with E-state index in [9.17, 15) is 0 Å². The van der Waals surface area contributed by atoms with E-state index >= 15 is 0 Å². The minimum atomic E-state index is -0.144. The first-order valence-corrected chi connectivity index (χ1v) is 6.43. The fourth-order valence-corrected chi connectivity index (χ4v) is 1.71. The van der Waals surface area contributed by atoms with Crippen molar-refractivity contribution >= 4 is 0 Å². The molecule has 0 N–H and O–H groups in total. The number of hydrogen-bond donors (Lipinski definition) is 0. The molecule has 0 amide bonds. The van der Waals surface area contributed by atoms with Gasteiger partial charge in [-0.05, 0) is 39.7 Å². The summed E-state index contributed by atoms with van der Waals surface area (Å²) in [5, 5.41) is 0. The average Bonchev–Trinajstić information content (AvgIpc) is 2.21. The van der Waals surface area contributed by atoms with E-state index in [0.29, 0.717) is 0 Å². The summed E-state index contributed by atoms with van der Waals surface area (Å²) in [6.07, 6.45) is 6.41. The smallest absolute Gasteiger partial charge is 0.177 e. The molecule has 1 saturated heterocycles. The maximum atomic E-state index is 5.68. The number of ether oxygens (including phenoxy) is 2. The SMILES string of the molecule is CC(C)=CCC/C(C)=C/C1OCC(C)(C)CO1. The molecular weight excluding hydrogens is 212 g/mol. The van der Waals surface area contributed by atoms with Crippen LogP contribution in [0.3, 0.4) is 0 Å². The molecule has 1 aliphatic rings. The zero-order chi connectivity index (χ0) is 12.9. The van der Waals surface area contributed by atoms with Crippen LogP contribution >= 0.6 is 0 Å². The van der Waals surface area contributed by atoms with Crippen molar-refractivity contribution in [2.24, 2.45) is 5.41 Å². The first kappa shape index (κ1) is 14.5. The average molecular weight is 238 g/mol. The monoisotopic (exact) mass is 238 g/mol. The lowest BCUT2D eigenvalue weighted by Gasteiger charge is -2.33. The van der Waals surface area contributed by atoms with Crippen LogP contribution in [0.2, 0.25) is 0 Å². The van der Waals surface area contributed by atoms with Crippen LogP contribution in [0.4, 0.5) is 0 Å². The Kier molecular flexibility index (Phi) is 5.41. The third kappa shape index (κ3) is 6.04. The molecule has 0 spiro atoms. The highest BCUT2D eigenvalue weighted by molar-refractivity contribution is 5.04. The van der Waals surface area contributed by atoms with Crippen molar-refractivity contribution in [2.75, 3.05) is 13.2 Å². The molecule has 0 aromatic heterocycles. The quantitative estimate of drug-likeness (QED) is 0.687. The van der Waals surface area contributed by atoms with Gasteiger partial charge in [0.2, 0.25) is 0 Å². The van der Waals surface area contributed by atoms with Crippen molar-refractivity contribution < 1.29 is 9.47 Å². The lowest BCUT2D eigenvalue weighted by Crippen LogP contribution is -2.36. The van der Waals surface area contributed by atoms with Gasteiger partial charge in [0.25, 0.3) is 0 Å². The Labute approximate surface area is 106 Å². The minimum absolute atomic E-state index is 0.144. The number of hydrogen-bond acceptors (Lipinski definition) is 2. The second-order valence-electron chi connectivity index (χ2n) is 5.99. The predicted octanol–water partition coefficient (Wildman–Crippen LogP) is 4.08. The van der Waals surface area contributed by atoms with Crippen molar-refractivity contribution in [2.45, 2.75) is 53.8 Å². The molecule has 0 aliphatic carbocycles. The first-order chi connectivity index (χ1) is 7.89. The van der Waals surface area contributed by atoms with Crippen molar-refractivity contribution in [1.82, 2.24) is 0 Å². The van der Waals surface area contributed by atoms with Gasteiger partial charge >= 0.3 is 0 Å². The van der Waals surface area contributed by atoms with Crippen molar-refractivity contribution in [1.29, 1.82) is 0 Å². The van der Waals surface area contributed by atoms with Gasteiger partial charge in [0, 0.05) is 5.41 Å². The Morgan fingerprint density at radius 2 is 1.76 bits per heavy atom. The van der Waals surface area contributed by atoms with Crippen molar-refractivity contribution in [3.8, 4) is 0 Å². The van der Waals surface area contributed by atoms with Crippen LogP contribution in [0, 0.1) is 5.41 Å². The van der Waals surface area contributed by atoms with E-state index < -0.39 is 0 Å². The van der Waals surface area contributed by atoms with Crippen LogP contribution in [-0.4, -0.2) is 19.5 Å². The maximum absolute atomic E-state index is 5.68. The lowest BCUT2D eigenvalue weighted by atomic mass is 9.95. The Balaban J connectivity index is 2.34. The van der Waals surface area contributed by atoms with Crippen LogP contribution in [0.25, 0.3) is 0 Å². The van der Waals surface area contributed by atoms with Gasteiger partial charge in [0.1, 0.15) is 0 Å². The Bertz CT molecular complexity index is 286. The largest absolute Gasteiger partial charge is 0.348 e. The molecule has 2 nitrogen and oxygen atoms in total. The normalized spacial score (nSPS) is 21.4. The fourth-order valence-electron chi connectivity index (χ4n) is 1.71. The predicted molar refractivity (Wildman–Crippen MR) is 71.9 cm³/mol. The van der Waals surface area contributed by atoms with Crippen LogP contribution in [0.1, 0.15) is 47.5 Å². The molecule has 0 bridgehead atoms. The fraction of sp³-hybridized carbons (Fsp3) is 0.733. The number of rotatable bonds is 4. The molecule has 0 radical (unpaired) electrons. The topological polar surface area (TPSA) is 18.5 Å². The molecule has 0 aromatic carbocycles. The van der Waals surface area contributed by atoms with Crippen molar-refractivity contribution in [3.05, 3.63) is 23.3 Å². The minimum Gasteiger partial charge on any atom is -0.348 e. The third-order valence-electron chi connectivity index (χ3n) is 2.79. The molecule has 0 saturated carbocycles. The summed E-state index contributed by atoms with van der Waals surface area (Å²) in [4.78, 5) is 0. The zero-order valence-electron chi connectivity index (χ0n) is 11.9. The highest BCUT2D eigenvalue weighted by Crippen LogP contribution is 2.24. The third-order valence-corrected chi connectivity index (χ3v) is 2.79. The second-order valence-corrected chi connectivity index (χ2v) is 5.99. The van der Waals surface area contributed by atoms with Gasteiger partial charge < -0.3 is 9.47 Å². The summed E-state index contributed by atoms with van der Waals surface area (Å²) in [5.74, 6) is 0. The molecule has 17 heavy (non-hydrogen) atoms. The first-order valence-electron chi connectivity index (χ1n) is 6.43. The van der Waals surface area contributed by atoms with Crippen LogP contribution in [-0.2, 0) is 9.47 Å². The van der Waals surface area contributed by atoms with Gasteiger partial charge in [-0.15, -0.1) is 0 Å². The van der Waals surface area contributed by atoms with E-state index in [0.717, 1.165) is 26.1 Å². The summed E-state index contributed by atoms with van der Waals surface area (Å²) in [6.45, 7) is 12.3. The summed E-state index contributed by atoms with van der Waals surface area (Å²) < 4.78 is 11.4. The molecule has 0 aromatic rings. The van der Waals surface area contributed by atoms with Crippen LogP contribution < -0.4 is 0 Å². The van der Waals surface area contributed by atoms with E-state index in [1.165, 1.54) is 11.1 Å². The van der Waals surface area contributed by atoms with Crippen LogP contribution in [0.15, 0.2) is 23.3 Å². The zero-order valence-corrected chi connectivity index (χ0v) is 11.9. The van der Waals surface area contributed by atoms with E-state index in [2.05, 4.69) is 46.8 Å².